The Morgan fingerprint density at radius 1 is 0.354 bits per heavy atom. The first-order valence-corrected chi connectivity index (χ1v) is 30.2. The molecule has 0 amide bonds. The van der Waals surface area contributed by atoms with E-state index in [1.807, 2.05) is 4.72 Å². The van der Waals surface area contributed by atoms with Gasteiger partial charge in [-0.05, 0) is 65.6 Å². The first kappa shape index (κ1) is 100.0. The highest BCUT2D eigenvalue weighted by Crippen LogP contribution is 2.57. The molecule has 0 heterocycles. The van der Waals surface area contributed by atoms with Crippen molar-refractivity contribution in [3.05, 3.63) is 0 Å². The Morgan fingerprint density at radius 3 is 0.798 bits per heavy atom. The first-order chi connectivity index (χ1) is 43.0. The molecule has 600 valence electrons. The summed E-state index contributed by atoms with van der Waals surface area (Å²) in [6.45, 7) is -0.612. The molecule has 0 aliphatic carbocycles. The number of hydrogen-bond acceptors (Lipinski definition) is 8. The van der Waals surface area contributed by atoms with Crippen LogP contribution >= 0.6 is 0 Å². The van der Waals surface area contributed by atoms with Crippen molar-refractivity contribution in [3.63, 3.8) is 0 Å². The third kappa shape index (κ3) is 37.4. The van der Waals surface area contributed by atoms with Crippen LogP contribution in [0.5, 0.6) is 0 Å². The van der Waals surface area contributed by atoms with Crippen LogP contribution in [-0.2, 0) is 20.0 Å². The van der Waals surface area contributed by atoms with Gasteiger partial charge < -0.3 is 4.90 Å². The minimum Gasteiger partial charge on any atom is -0.309 e. The van der Waals surface area contributed by atoms with Gasteiger partial charge in [-0.15, -0.1) is 0 Å². The Morgan fingerprint density at radius 2 is 0.586 bits per heavy atom. The molecular weight excluding hydrogens is 1540 g/mol. The number of alkyl halides is 40. The van der Waals surface area contributed by atoms with E-state index in [2.05, 4.69) is 0 Å². The fraction of sp³-hybridized carbons (Fsp3) is 1.00. The van der Waals surface area contributed by atoms with Gasteiger partial charge in [-0.2, -0.15) is 136 Å². The first-order valence-electron chi connectivity index (χ1n) is 26.9. The number of hydroxylamine groups is 3. The minimum atomic E-state index is -7.21. The molecule has 0 aliphatic rings. The SMILES string of the molecule is CN(C)CCCNS(=O)(=O)CCC(CC(CC(CC(F)(F)CC(F)(F)CC(F)(C(F)(F)F)C(F)(F)F)C(F)(F)F)C(F)(F)F)C(F)(F)F.C[N+](C)(O)CCCNS(=O)(=O)CCC(CC(CC(CC(F)(F)CC(F)(F)CC(F)(C(F)(F)F)C(F)(F)F)C(F)(F)F)C(F)(F)F)C(F)(F)F.OO. The van der Waals surface area contributed by atoms with Crippen molar-refractivity contribution in [3.8, 4) is 0 Å². The zero-order valence-corrected chi connectivity index (χ0v) is 52.0. The summed E-state index contributed by atoms with van der Waals surface area (Å²) in [6.07, 6.45) is -101. The van der Waals surface area contributed by atoms with Gasteiger partial charge in [-0.3, -0.25) is 10.5 Å². The number of quaternary nitrogens is 1. The Labute approximate surface area is 534 Å². The van der Waals surface area contributed by atoms with E-state index in [1.165, 1.54) is 14.1 Å². The molecule has 6 atom stereocenters. The van der Waals surface area contributed by atoms with Gasteiger partial charge in [-0.1, -0.05) is 0 Å². The molecule has 0 bridgehead atoms. The maximum absolute atomic E-state index is 14.3. The van der Waals surface area contributed by atoms with Crippen LogP contribution in [0.25, 0.3) is 0 Å². The number of halogens is 40. The average Bonchev–Trinajstić information content (AvgIpc) is 0.765. The predicted molar refractivity (Wildman–Crippen MR) is 260 cm³/mol. The Bertz CT molecular complexity index is 2560. The van der Waals surface area contributed by atoms with Gasteiger partial charge in [0.25, 0.3) is 23.7 Å². The second-order valence-corrected chi connectivity index (χ2v) is 27.2. The quantitative estimate of drug-likeness (QED) is 0.0136. The highest BCUT2D eigenvalue weighted by molar-refractivity contribution is 7.89. The number of rotatable bonds is 36. The summed E-state index contributed by atoms with van der Waals surface area (Å²) in [5.74, 6) is -49.4. The molecule has 0 spiro atoms. The lowest BCUT2D eigenvalue weighted by Crippen LogP contribution is -2.56. The third-order valence-electron chi connectivity index (χ3n) is 13.8. The molecule has 0 aliphatic heterocycles. The van der Waals surface area contributed by atoms with Crippen LogP contribution in [0.2, 0.25) is 0 Å². The topological polar surface area (TPSA) is 156 Å². The van der Waals surface area contributed by atoms with Gasteiger partial charge in [0.2, 0.25) is 20.0 Å². The summed E-state index contributed by atoms with van der Waals surface area (Å²) in [4.78, 5) is 1.58. The summed E-state index contributed by atoms with van der Waals surface area (Å²) < 4.78 is 587. The number of nitrogens with zero attached hydrogens (tertiary/aromatic N) is 2. The molecule has 0 fully saturated rings. The van der Waals surface area contributed by atoms with Crippen LogP contribution in [0.4, 0.5) is 176 Å². The monoisotopic (exact) mass is 1610 g/mol. The van der Waals surface area contributed by atoms with Gasteiger partial charge in [0, 0.05) is 32.4 Å². The van der Waals surface area contributed by atoms with Crippen molar-refractivity contribution in [2.45, 2.75) is 187 Å². The van der Waals surface area contributed by atoms with Crippen molar-refractivity contribution in [1.29, 1.82) is 0 Å². The van der Waals surface area contributed by atoms with Crippen LogP contribution in [0.3, 0.4) is 0 Å². The number of nitrogens with one attached hydrogen (secondary N) is 2. The molecule has 0 aromatic carbocycles. The largest absolute Gasteiger partial charge is 0.431 e. The molecule has 0 saturated heterocycles. The molecule has 53 heteroatoms. The van der Waals surface area contributed by atoms with Crippen molar-refractivity contribution in [1.82, 2.24) is 14.3 Å². The van der Waals surface area contributed by atoms with Gasteiger partial charge in [-0.25, -0.2) is 75.4 Å². The Hall–Kier alpha value is -3.18. The van der Waals surface area contributed by atoms with Crippen molar-refractivity contribution < 1.29 is 213 Å². The van der Waals surface area contributed by atoms with Crippen LogP contribution in [0.1, 0.15) is 89.9 Å². The summed E-state index contributed by atoms with van der Waals surface area (Å²) in [5, 5.41) is 21.5. The molecular formula is C46H63F40N4O7S2+. The summed E-state index contributed by atoms with van der Waals surface area (Å²) in [7, 11) is -3.62. The zero-order valence-electron chi connectivity index (χ0n) is 50.4. The lowest BCUT2D eigenvalue weighted by Gasteiger charge is -2.35. The molecule has 0 aromatic rings. The third-order valence-corrected chi connectivity index (χ3v) is 16.6. The lowest BCUT2D eigenvalue weighted by molar-refractivity contribution is -1.07. The normalized spacial score (nSPS) is 16.9. The molecule has 11 nitrogen and oxygen atoms in total. The van der Waals surface area contributed by atoms with E-state index in [-0.39, 0.29) is 32.5 Å². The van der Waals surface area contributed by atoms with E-state index in [0.29, 0.717) is 0 Å². The second-order valence-electron chi connectivity index (χ2n) is 23.4. The summed E-state index contributed by atoms with van der Waals surface area (Å²) in [5.41, 5.74) is -13.7. The van der Waals surface area contributed by atoms with E-state index in [9.17, 15) is 198 Å². The second kappa shape index (κ2) is 35.3. The van der Waals surface area contributed by atoms with Gasteiger partial charge in [0.05, 0.1) is 86.8 Å². The highest BCUT2D eigenvalue weighted by Gasteiger charge is 2.77. The molecule has 99 heavy (non-hydrogen) atoms. The Balaban J connectivity index is -0.00000182. The average molecular weight is 1610 g/mol. The van der Waals surface area contributed by atoms with Gasteiger partial charge in [0.1, 0.15) is 6.54 Å². The maximum atomic E-state index is 14.3. The summed E-state index contributed by atoms with van der Waals surface area (Å²) in [6, 6.07) is 0. The van der Waals surface area contributed by atoms with Crippen LogP contribution in [-0.4, -0.2) is 205 Å². The standard InChI is InChI=1S/C23H31F20N2O3S.C23H30F20N2O2S.H2O2/c1-45(2,46)6-3-5-44-49(47,48)7-4-13(19(29,30)31)8-14(20(32,33)34)9-15(21(35,36)37)10-16(24,25)11-17(26,27)12-18(28,22(38,39)40)23(41,42)43;1-45(2)6-3-5-44-48(46,47)7-4-13(19(29,30)31)8-14(20(32,33)34)9-15(21(35,36)37)10-16(24,25)11-17(26,27)12-18(28,22(38,39)40)23(41,42)43;1-2/h13-15,44,46H,3-12H2,1-2H3;13-15,44H,3-12H2,1-2H3;1-2H/q+1;;. The van der Waals surface area contributed by atoms with Crippen molar-refractivity contribution >= 4 is 20.0 Å². The van der Waals surface area contributed by atoms with E-state index in [1.54, 1.807) is 23.7 Å². The fourth-order valence-corrected chi connectivity index (χ4v) is 11.2. The fourth-order valence-electron chi connectivity index (χ4n) is 8.83. The van der Waals surface area contributed by atoms with E-state index in [0.717, 1.165) is 0 Å². The smallest absolute Gasteiger partial charge is 0.309 e. The maximum Gasteiger partial charge on any atom is 0.431 e. The lowest BCUT2D eigenvalue weighted by atomic mass is 9.81. The van der Waals surface area contributed by atoms with Gasteiger partial charge in [0.15, 0.2) is 0 Å². The molecule has 5 N–H and O–H groups in total. The molecule has 6 unspecified atom stereocenters. The Kier molecular flexibility index (Phi) is 35.6. The van der Waals surface area contributed by atoms with E-state index >= 15 is 0 Å². The molecule has 0 rings (SSSR count). The van der Waals surface area contributed by atoms with Crippen LogP contribution in [0.15, 0.2) is 0 Å². The summed E-state index contributed by atoms with van der Waals surface area (Å²) >= 11 is 0. The van der Waals surface area contributed by atoms with Crippen molar-refractivity contribution in [2.75, 3.05) is 65.9 Å². The molecule has 0 aromatic heterocycles. The molecule has 0 saturated carbocycles. The van der Waals surface area contributed by atoms with Crippen LogP contribution in [0, 0.1) is 35.5 Å². The highest BCUT2D eigenvalue weighted by atomic mass is 32.2. The van der Waals surface area contributed by atoms with Crippen molar-refractivity contribution in [2.24, 2.45) is 35.5 Å². The predicted octanol–water partition coefficient (Wildman–Crippen LogP) is 17.6. The van der Waals surface area contributed by atoms with Crippen LogP contribution < -0.4 is 9.44 Å². The zero-order chi connectivity index (χ0) is 80.1. The van der Waals surface area contributed by atoms with Gasteiger partial charge >= 0.3 is 73.1 Å². The van der Waals surface area contributed by atoms with E-state index in [4.69, 9.17) is 10.5 Å². The number of sulfonamides is 2. The minimum absolute atomic E-state index is 0.0875. The molecule has 0 radical (unpaired) electrons. The number of hydrogen-bond donors (Lipinski definition) is 5. The van der Waals surface area contributed by atoms with E-state index < -0.39 is 252 Å².